The van der Waals surface area contributed by atoms with Crippen LogP contribution in [-0.2, 0) is 0 Å². The Morgan fingerprint density at radius 1 is 1.75 bits per heavy atom. The first-order valence-corrected chi connectivity index (χ1v) is 4.41. The second-order valence-corrected chi connectivity index (χ2v) is 3.54. The fourth-order valence-electron chi connectivity index (χ4n) is 0.620. The number of hydrogen-bond acceptors (Lipinski definition) is 3. The van der Waals surface area contributed by atoms with Crippen molar-refractivity contribution in [3.05, 3.63) is 28.6 Å². The number of rotatable bonds is 3. The van der Waals surface area contributed by atoms with Crippen molar-refractivity contribution >= 4 is 33.3 Å². The predicted octanol–water partition coefficient (Wildman–Crippen LogP) is 2.45. The zero-order valence-electron chi connectivity index (χ0n) is 6.22. The Hall–Kier alpha value is -0.610. The number of hydrogen-bond donors (Lipinski definition) is 1. The largest absolute Gasteiger partial charge is 0.365 e. The minimum atomic E-state index is 0.236. The van der Waals surface area contributed by atoms with Crippen LogP contribution >= 0.6 is 27.5 Å². The summed E-state index contributed by atoms with van der Waals surface area (Å²) < 4.78 is 0.859. The Labute approximate surface area is 84.0 Å². The molecule has 0 atom stereocenters. The molecule has 0 aliphatic rings. The first kappa shape index (κ1) is 9.48. The molecule has 1 heterocycles. The molecule has 12 heavy (non-hydrogen) atoms. The van der Waals surface area contributed by atoms with Crippen LogP contribution in [0.4, 0.5) is 5.82 Å². The smallest absolute Gasteiger partial charge is 0.224 e. The average Bonchev–Trinajstić information content (AvgIpc) is 2.01. The second kappa shape index (κ2) is 4.42. The fraction of sp³-hybridized carbons (Fsp3) is 0.143. The van der Waals surface area contributed by atoms with E-state index < -0.39 is 0 Å². The molecule has 0 aliphatic carbocycles. The van der Waals surface area contributed by atoms with E-state index in [1.807, 2.05) is 0 Å². The Bertz CT molecular complexity index is 290. The highest BCUT2D eigenvalue weighted by atomic mass is 79.9. The summed E-state index contributed by atoms with van der Waals surface area (Å²) in [7, 11) is 0. The minimum absolute atomic E-state index is 0.236. The molecule has 1 rings (SSSR count). The van der Waals surface area contributed by atoms with E-state index in [9.17, 15) is 0 Å². The standard InChI is InChI=1S/C7H7BrClN3/c1-5(8)4-11-6-2-3-10-7(9)12-6/h2-3H,1,4H2,(H,10,11,12). The average molecular weight is 249 g/mol. The van der Waals surface area contributed by atoms with Crippen LogP contribution in [0.25, 0.3) is 0 Å². The lowest BCUT2D eigenvalue weighted by Gasteiger charge is -2.02. The Morgan fingerprint density at radius 2 is 2.50 bits per heavy atom. The van der Waals surface area contributed by atoms with Crippen molar-refractivity contribution in [3.8, 4) is 0 Å². The van der Waals surface area contributed by atoms with Gasteiger partial charge in [0.25, 0.3) is 0 Å². The van der Waals surface area contributed by atoms with E-state index >= 15 is 0 Å². The molecule has 0 amide bonds. The molecule has 1 aromatic rings. The Kier molecular flexibility index (Phi) is 3.49. The van der Waals surface area contributed by atoms with Gasteiger partial charge in [0.15, 0.2) is 0 Å². The molecule has 3 nitrogen and oxygen atoms in total. The Balaban J connectivity index is 2.57. The number of halogens is 2. The predicted molar refractivity (Wildman–Crippen MR) is 53.6 cm³/mol. The highest BCUT2D eigenvalue weighted by molar-refractivity contribution is 9.11. The number of nitrogens with one attached hydrogen (secondary N) is 1. The molecule has 0 aliphatic heterocycles. The topological polar surface area (TPSA) is 37.8 Å². The molecule has 0 bridgehead atoms. The van der Waals surface area contributed by atoms with E-state index in [1.54, 1.807) is 12.3 Å². The van der Waals surface area contributed by atoms with Gasteiger partial charge < -0.3 is 5.32 Å². The lowest BCUT2D eigenvalue weighted by molar-refractivity contribution is 1.14. The zero-order valence-corrected chi connectivity index (χ0v) is 8.56. The van der Waals surface area contributed by atoms with Crippen molar-refractivity contribution in [1.29, 1.82) is 0 Å². The minimum Gasteiger partial charge on any atom is -0.365 e. The molecule has 0 saturated carbocycles. The number of nitrogens with zero attached hydrogens (tertiary/aromatic N) is 2. The van der Waals surface area contributed by atoms with Gasteiger partial charge in [-0.3, -0.25) is 0 Å². The Morgan fingerprint density at radius 3 is 3.08 bits per heavy atom. The van der Waals surface area contributed by atoms with Crippen molar-refractivity contribution in [2.45, 2.75) is 0 Å². The van der Waals surface area contributed by atoms with Crippen LogP contribution in [0.5, 0.6) is 0 Å². The SMILES string of the molecule is C=C(Br)CNc1ccnc(Cl)n1. The monoisotopic (exact) mass is 247 g/mol. The van der Waals surface area contributed by atoms with Gasteiger partial charge in [-0.1, -0.05) is 22.5 Å². The molecular formula is C7H7BrClN3. The van der Waals surface area contributed by atoms with E-state index in [4.69, 9.17) is 11.6 Å². The van der Waals surface area contributed by atoms with Crippen LogP contribution in [0.2, 0.25) is 5.28 Å². The van der Waals surface area contributed by atoms with Gasteiger partial charge in [-0.05, 0) is 17.7 Å². The highest BCUT2D eigenvalue weighted by Crippen LogP contribution is 2.07. The third-order valence-electron chi connectivity index (χ3n) is 1.09. The number of anilines is 1. The van der Waals surface area contributed by atoms with Gasteiger partial charge in [-0.15, -0.1) is 0 Å². The zero-order chi connectivity index (χ0) is 8.97. The maximum absolute atomic E-state index is 5.56. The van der Waals surface area contributed by atoms with Crippen LogP contribution in [0.1, 0.15) is 0 Å². The molecule has 0 spiro atoms. The summed E-state index contributed by atoms with van der Waals surface area (Å²) in [5, 5.41) is 3.24. The first-order valence-electron chi connectivity index (χ1n) is 3.24. The van der Waals surface area contributed by atoms with Crippen LogP contribution in [-0.4, -0.2) is 16.5 Å². The van der Waals surface area contributed by atoms with E-state index in [0.717, 1.165) is 4.48 Å². The molecule has 1 aromatic heterocycles. The van der Waals surface area contributed by atoms with Gasteiger partial charge in [-0.2, -0.15) is 0 Å². The third kappa shape index (κ3) is 3.19. The third-order valence-corrected chi connectivity index (χ3v) is 1.55. The molecule has 5 heteroatoms. The van der Waals surface area contributed by atoms with Crippen molar-refractivity contribution in [2.24, 2.45) is 0 Å². The summed E-state index contributed by atoms with van der Waals surface area (Å²) >= 11 is 8.78. The van der Waals surface area contributed by atoms with Gasteiger partial charge in [0.05, 0.1) is 0 Å². The van der Waals surface area contributed by atoms with Crippen molar-refractivity contribution < 1.29 is 0 Å². The van der Waals surface area contributed by atoms with E-state index in [2.05, 4.69) is 37.8 Å². The molecule has 0 aromatic carbocycles. The molecule has 0 unspecified atom stereocenters. The van der Waals surface area contributed by atoms with Crippen LogP contribution in [0.15, 0.2) is 23.3 Å². The number of aromatic nitrogens is 2. The molecule has 64 valence electrons. The van der Waals surface area contributed by atoms with E-state index in [1.165, 1.54) is 0 Å². The summed E-state index contributed by atoms with van der Waals surface area (Å²) in [6, 6.07) is 1.74. The van der Waals surface area contributed by atoms with Gasteiger partial charge >= 0.3 is 0 Å². The van der Waals surface area contributed by atoms with Crippen molar-refractivity contribution in [2.75, 3.05) is 11.9 Å². The maximum atomic E-state index is 5.56. The molecule has 0 fully saturated rings. The first-order chi connectivity index (χ1) is 5.68. The lowest BCUT2D eigenvalue weighted by Crippen LogP contribution is -2.02. The lowest BCUT2D eigenvalue weighted by atomic mass is 10.5. The summed E-state index contributed by atoms with van der Waals surface area (Å²) in [6.07, 6.45) is 1.59. The fourth-order valence-corrected chi connectivity index (χ4v) is 0.907. The van der Waals surface area contributed by atoms with Crippen LogP contribution < -0.4 is 5.32 Å². The maximum Gasteiger partial charge on any atom is 0.224 e. The van der Waals surface area contributed by atoms with Gasteiger partial charge in [-0.25, -0.2) is 9.97 Å². The van der Waals surface area contributed by atoms with Crippen LogP contribution in [0.3, 0.4) is 0 Å². The normalized spacial score (nSPS) is 9.50. The van der Waals surface area contributed by atoms with Gasteiger partial charge in [0.2, 0.25) is 5.28 Å². The summed E-state index contributed by atoms with van der Waals surface area (Å²) in [6.45, 7) is 4.29. The summed E-state index contributed by atoms with van der Waals surface area (Å²) in [4.78, 5) is 7.67. The highest BCUT2D eigenvalue weighted by Gasteiger charge is 1.94. The van der Waals surface area contributed by atoms with E-state index in [0.29, 0.717) is 12.4 Å². The van der Waals surface area contributed by atoms with Gasteiger partial charge in [0.1, 0.15) is 5.82 Å². The molecule has 1 N–H and O–H groups in total. The quantitative estimate of drug-likeness (QED) is 0.835. The van der Waals surface area contributed by atoms with Crippen molar-refractivity contribution in [1.82, 2.24) is 9.97 Å². The molecular weight excluding hydrogens is 241 g/mol. The van der Waals surface area contributed by atoms with Gasteiger partial charge in [0, 0.05) is 17.2 Å². The van der Waals surface area contributed by atoms with Crippen LogP contribution in [0, 0.1) is 0 Å². The van der Waals surface area contributed by atoms with Crippen molar-refractivity contribution in [3.63, 3.8) is 0 Å². The summed E-state index contributed by atoms with van der Waals surface area (Å²) in [5.74, 6) is 0.690. The van der Waals surface area contributed by atoms with E-state index in [-0.39, 0.29) is 5.28 Å². The summed E-state index contributed by atoms with van der Waals surface area (Å²) in [5.41, 5.74) is 0. The second-order valence-electron chi connectivity index (χ2n) is 2.08. The molecule has 0 saturated heterocycles. The molecule has 0 radical (unpaired) electrons.